The van der Waals surface area contributed by atoms with E-state index in [2.05, 4.69) is 37.7 Å². The van der Waals surface area contributed by atoms with Gasteiger partial charge in [-0.25, -0.2) is 0 Å². The van der Waals surface area contributed by atoms with Gasteiger partial charge in [0.2, 0.25) is 5.91 Å². The number of piperidine rings is 1. The first kappa shape index (κ1) is 13.5. The largest absolute Gasteiger partial charge is 0.341 e. The van der Waals surface area contributed by atoms with Crippen molar-refractivity contribution in [1.29, 1.82) is 0 Å². The van der Waals surface area contributed by atoms with E-state index in [0.29, 0.717) is 17.9 Å². The van der Waals surface area contributed by atoms with Gasteiger partial charge in [-0.2, -0.15) is 0 Å². The van der Waals surface area contributed by atoms with Crippen molar-refractivity contribution in [2.75, 3.05) is 27.2 Å². The van der Waals surface area contributed by atoms with Gasteiger partial charge in [0, 0.05) is 25.6 Å². The number of hydrogen-bond acceptors (Lipinski definition) is 2. The maximum absolute atomic E-state index is 12.0. The molecule has 1 saturated heterocycles. The molecule has 1 amide bonds. The highest BCUT2D eigenvalue weighted by Crippen LogP contribution is 2.16. The third-order valence-electron chi connectivity index (χ3n) is 3.42. The van der Waals surface area contributed by atoms with Crippen molar-refractivity contribution in [3.8, 4) is 0 Å². The van der Waals surface area contributed by atoms with Gasteiger partial charge < -0.3 is 9.80 Å². The Morgan fingerprint density at radius 1 is 1.44 bits per heavy atom. The molecule has 1 rings (SSSR count). The second-order valence-electron chi connectivity index (χ2n) is 5.53. The fourth-order valence-corrected chi connectivity index (χ4v) is 2.17. The molecule has 3 nitrogen and oxygen atoms in total. The first-order valence-corrected chi connectivity index (χ1v) is 6.45. The van der Waals surface area contributed by atoms with Gasteiger partial charge in [-0.15, -0.1) is 0 Å². The van der Waals surface area contributed by atoms with Gasteiger partial charge in [0.15, 0.2) is 0 Å². The molecule has 0 aromatic heterocycles. The van der Waals surface area contributed by atoms with Crippen molar-refractivity contribution in [3.05, 3.63) is 0 Å². The number of likely N-dealkylation sites (tertiary alicyclic amines) is 1. The Balaban J connectivity index is 2.38. The van der Waals surface area contributed by atoms with E-state index in [1.807, 2.05) is 0 Å². The third-order valence-corrected chi connectivity index (χ3v) is 3.42. The molecule has 1 unspecified atom stereocenters. The van der Waals surface area contributed by atoms with Gasteiger partial charge in [0.1, 0.15) is 0 Å². The highest BCUT2D eigenvalue weighted by Gasteiger charge is 2.24. The summed E-state index contributed by atoms with van der Waals surface area (Å²) in [7, 11) is 4.21. The molecule has 0 spiro atoms. The normalized spacial score (nSPS) is 21.9. The monoisotopic (exact) mass is 226 g/mol. The molecule has 0 bridgehead atoms. The lowest BCUT2D eigenvalue weighted by Gasteiger charge is -2.36. The van der Waals surface area contributed by atoms with Crippen LogP contribution in [0.5, 0.6) is 0 Å². The molecular formula is C13H26N2O. The number of carbonyl (C=O) groups excluding carboxylic acids is 1. The van der Waals surface area contributed by atoms with Crippen molar-refractivity contribution in [2.24, 2.45) is 5.92 Å². The van der Waals surface area contributed by atoms with E-state index in [0.717, 1.165) is 32.4 Å². The topological polar surface area (TPSA) is 23.6 Å². The van der Waals surface area contributed by atoms with E-state index in [1.165, 1.54) is 6.42 Å². The molecular weight excluding hydrogens is 200 g/mol. The maximum Gasteiger partial charge on any atom is 0.222 e. The molecule has 1 aliphatic rings. The number of amides is 1. The second-order valence-corrected chi connectivity index (χ2v) is 5.53. The zero-order valence-corrected chi connectivity index (χ0v) is 11.2. The number of likely N-dealkylation sites (N-methyl/N-ethyl adjacent to an activating group) is 1. The van der Waals surface area contributed by atoms with Crippen LogP contribution in [0.2, 0.25) is 0 Å². The maximum atomic E-state index is 12.0. The van der Waals surface area contributed by atoms with Crippen LogP contribution >= 0.6 is 0 Å². The third kappa shape index (κ3) is 4.12. The van der Waals surface area contributed by atoms with Crippen LogP contribution in [0.25, 0.3) is 0 Å². The summed E-state index contributed by atoms with van der Waals surface area (Å²) in [6.07, 6.45) is 4.11. The van der Waals surface area contributed by atoms with E-state index >= 15 is 0 Å². The van der Waals surface area contributed by atoms with Crippen LogP contribution < -0.4 is 0 Å². The molecule has 1 atom stereocenters. The van der Waals surface area contributed by atoms with Crippen molar-refractivity contribution in [1.82, 2.24) is 9.80 Å². The Bertz CT molecular complexity index is 226. The van der Waals surface area contributed by atoms with Crippen LogP contribution in [-0.4, -0.2) is 48.9 Å². The van der Waals surface area contributed by atoms with Crippen molar-refractivity contribution in [2.45, 2.75) is 45.6 Å². The summed E-state index contributed by atoms with van der Waals surface area (Å²) in [5.41, 5.74) is 0. The quantitative estimate of drug-likeness (QED) is 0.732. The van der Waals surface area contributed by atoms with Gasteiger partial charge in [0.25, 0.3) is 0 Å². The van der Waals surface area contributed by atoms with Crippen molar-refractivity contribution >= 4 is 5.91 Å². The van der Waals surface area contributed by atoms with Crippen LogP contribution in [0.3, 0.4) is 0 Å². The van der Waals surface area contributed by atoms with E-state index in [-0.39, 0.29) is 0 Å². The van der Waals surface area contributed by atoms with Crippen LogP contribution in [-0.2, 0) is 4.79 Å². The molecule has 0 N–H and O–H groups in total. The zero-order chi connectivity index (χ0) is 12.1. The molecule has 0 saturated carbocycles. The first-order valence-electron chi connectivity index (χ1n) is 6.45. The Hall–Kier alpha value is -0.570. The second kappa shape index (κ2) is 6.24. The molecule has 94 valence electrons. The molecule has 1 fully saturated rings. The Morgan fingerprint density at radius 3 is 2.69 bits per heavy atom. The lowest BCUT2D eigenvalue weighted by Crippen LogP contribution is -2.47. The van der Waals surface area contributed by atoms with Crippen LogP contribution in [0.15, 0.2) is 0 Å². The molecule has 16 heavy (non-hydrogen) atoms. The highest BCUT2D eigenvalue weighted by molar-refractivity contribution is 5.76. The molecule has 3 heteroatoms. The molecule has 0 radical (unpaired) electrons. The molecule has 1 aliphatic heterocycles. The molecule has 0 aromatic carbocycles. The Kier molecular flexibility index (Phi) is 5.26. The summed E-state index contributed by atoms with van der Waals surface area (Å²) < 4.78 is 0. The van der Waals surface area contributed by atoms with E-state index in [1.54, 1.807) is 0 Å². The number of hydrogen-bond donors (Lipinski definition) is 0. The van der Waals surface area contributed by atoms with Gasteiger partial charge in [-0.1, -0.05) is 13.8 Å². The fourth-order valence-electron chi connectivity index (χ4n) is 2.17. The summed E-state index contributed by atoms with van der Waals surface area (Å²) >= 11 is 0. The minimum absolute atomic E-state index is 0.347. The average Bonchev–Trinajstić information content (AvgIpc) is 2.26. The minimum atomic E-state index is 0.347. The lowest BCUT2D eigenvalue weighted by atomic mass is 10.0. The SMILES string of the molecule is CC(C)CCC(=O)N1CCCC(N(C)C)C1. The van der Waals surface area contributed by atoms with Crippen LogP contribution in [0.1, 0.15) is 39.5 Å². The summed E-state index contributed by atoms with van der Waals surface area (Å²) in [4.78, 5) is 16.3. The standard InChI is InChI=1S/C13H26N2O/c1-11(2)7-8-13(16)15-9-5-6-12(10-15)14(3)4/h11-12H,5-10H2,1-4H3. The predicted molar refractivity (Wildman–Crippen MR) is 67.4 cm³/mol. The zero-order valence-electron chi connectivity index (χ0n) is 11.2. The first-order chi connectivity index (χ1) is 7.50. The summed E-state index contributed by atoms with van der Waals surface area (Å²) in [5, 5.41) is 0. The molecule has 0 aromatic rings. The van der Waals surface area contributed by atoms with Crippen LogP contribution in [0, 0.1) is 5.92 Å². The highest BCUT2D eigenvalue weighted by atomic mass is 16.2. The van der Waals surface area contributed by atoms with E-state index in [9.17, 15) is 4.79 Å². The summed E-state index contributed by atoms with van der Waals surface area (Å²) in [5.74, 6) is 0.971. The number of carbonyl (C=O) groups is 1. The molecule has 1 heterocycles. The average molecular weight is 226 g/mol. The van der Waals surface area contributed by atoms with Crippen molar-refractivity contribution < 1.29 is 4.79 Å². The number of nitrogens with zero attached hydrogens (tertiary/aromatic N) is 2. The van der Waals surface area contributed by atoms with Gasteiger partial charge in [-0.05, 0) is 39.3 Å². The van der Waals surface area contributed by atoms with Gasteiger partial charge >= 0.3 is 0 Å². The Labute approximate surface area is 99.8 Å². The molecule has 0 aliphatic carbocycles. The Morgan fingerprint density at radius 2 is 2.12 bits per heavy atom. The lowest BCUT2D eigenvalue weighted by molar-refractivity contribution is -0.133. The van der Waals surface area contributed by atoms with E-state index in [4.69, 9.17) is 0 Å². The predicted octanol–water partition coefficient (Wildman–Crippen LogP) is 1.98. The summed E-state index contributed by atoms with van der Waals surface area (Å²) in [6, 6.07) is 0.553. The van der Waals surface area contributed by atoms with Gasteiger partial charge in [0.05, 0.1) is 0 Å². The van der Waals surface area contributed by atoms with Gasteiger partial charge in [-0.3, -0.25) is 4.79 Å². The smallest absolute Gasteiger partial charge is 0.222 e. The fraction of sp³-hybridized carbons (Fsp3) is 0.923. The minimum Gasteiger partial charge on any atom is -0.341 e. The number of rotatable bonds is 4. The van der Waals surface area contributed by atoms with E-state index < -0.39 is 0 Å². The summed E-state index contributed by atoms with van der Waals surface area (Å²) in [6.45, 7) is 6.23. The van der Waals surface area contributed by atoms with Crippen LogP contribution in [0.4, 0.5) is 0 Å². The van der Waals surface area contributed by atoms with Crippen molar-refractivity contribution in [3.63, 3.8) is 0 Å².